The Balaban J connectivity index is 1.32. The Morgan fingerprint density at radius 1 is 1.27 bits per heavy atom. The van der Waals surface area contributed by atoms with Gasteiger partial charge in [-0.25, -0.2) is 4.79 Å². The van der Waals surface area contributed by atoms with E-state index in [4.69, 9.17) is 0 Å². The Morgan fingerprint density at radius 3 is 3.04 bits per heavy atom. The van der Waals surface area contributed by atoms with Gasteiger partial charge in [0, 0.05) is 12.1 Å². The van der Waals surface area contributed by atoms with Gasteiger partial charge in [-0.05, 0) is 42.9 Å². The molecule has 2 heterocycles. The van der Waals surface area contributed by atoms with Gasteiger partial charge in [-0.3, -0.25) is 10.4 Å². The number of amides is 2. The Morgan fingerprint density at radius 2 is 2.15 bits per heavy atom. The number of hydrogen-bond acceptors (Lipinski definition) is 5. The number of anilines is 1. The van der Waals surface area contributed by atoms with Crippen LogP contribution in [0.3, 0.4) is 0 Å². The molecule has 1 aromatic carbocycles. The summed E-state index contributed by atoms with van der Waals surface area (Å²) in [5.74, 6) is 0. The number of benzene rings is 1. The molecule has 2 amide bonds. The molecule has 1 aliphatic rings. The standard InChI is InChI=1S/C18H20N6OS/c1-11-5-2-3-6-12(11)9-16-23-24-18(26-16)20-17(25)19-10-15-13-7-4-8-14(13)21-22-15/h2-3,5-6H,4,7-10H2,1H3,(H,21,22)(H2,19,20,24,25). The van der Waals surface area contributed by atoms with Crippen LogP contribution in [-0.4, -0.2) is 26.4 Å². The summed E-state index contributed by atoms with van der Waals surface area (Å²) in [7, 11) is 0. The smallest absolute Gasteiger partial charge is 0.321 e. The molecule has 4 rings (SSSR count). The molecule has 0 radical (unpaired) electrons. The number of aromatic nitrogens is 4. The average Bonchev–Trinajstić information content (AvgIpc) is 3.33. The minimum atomic E-state index is -0.293. The summed E-state index contributed by atoms with van der Waals surface area (Å²) in [5, 5.41) is 22.5. The molecule has 3 aromatic rings. The van der Waals surface area contributed by atoms with Crippen molar-refractivity contribution in [2.24, 2.45) is 0 Å². The molecule has 0 spiro atoms. The van der Waals surface area contributed by atoms with E-state index in [9.17, 15) is 4.79 Å². The second-order valence-corrected chi connectivity index (χ2v) is 7.45. The molecular formula is C18H20N6OS. The molecule has 1 aliphatic carbocycles. The van der Waals surface area contributed by atoms with E-state index in [1.807, 2.05) is 12.1 Å². The molecule has 2 aromatic heterocycles. The lowest BCUT2D eigenvalue weighted by molar-refractivity contribution is 0.251. The summed E-state index contributed by atoms with van der Waals surface area (Å²) < 4.78 is 0. The minimum absolute atomic E-state index is 0.293. The zero-order valence-corrected chi connectivity index (χ0v) is 15.3. The van der Waals surface area contributed by atoms with Gasteiger partial charge in [0.2, 0.25) is 5.13 Å². The highest BCUT2D eigenvalue weighted by Gasteiger charge is 2.18. The van der Waals surface area contributed by atoms with Crippen LogP contribution in [0.25, 0.3) is 0 Å². The summed E-state index contributed by atoms with van der Waals surface area (Å²) >= 11 is 1.39. The highest BCUT2D eigenvalue weighted by Crippen LogP contribution is 2.23. The van der Waals surface area contributed by atoms with E-state index in [2.05, 4.69) is 50.1 Å². The fraction of sp³-hybridized carbons (Fsp3) is 0.333. The summed E-state index contributed by atoms with van der Waals surface area (Å²) in [4.78, 5) is 12.1. The first-order chi connectivity index (χ1) is 12.7. The molecule has 26 heavy (non-hydrogen) atoms. The van der Waals surface area contributed by atoms with E-state index in [1.54, 1.807) is 0 Å². The molecule has 3 N–H and O–H groups in total. The zero-order valence-electron chi connectivity index (χ0n) is 14.5. The van der Waals surface area contributed by atoms with Crippen molar-refractivity contribution in [3.8, 4) is 0 Å². The first-order valence-corrected chi connectivity index (χ1v) is 9.47. The number of aryl methyl sites for hydroxylation is 2. The van der Waals surface area contributed by atoms with Crippen LogP contribution in [0.15, 0.2) is 24.3 Å². The molecule has 0 atom stereocenters. The van der Waals surface area contributed by atoms with Gasteiger partial charge in [-0.2, -0.15) is 5.10 Å². The predicted octanol–water partition coefficient (Wildman–Crippen LogP) is 2.97. The summed E-state index contributed by atoms with van der Waals surface area (Å²) in [6, 6.07) is 7.90. The third-order valence-electron chi connectivity index (χ3n) is 4.60. The minimum Gasteiger partial charge on any atom is -0.332 e. The first-order valence-electron chi connectivity index (χ1n) is 8.66. The number of carbonyl (C=O) groups is 1. The normalized spacial score (nSPS) is 12.8. The van der Waals surface area contributed by atoms with Crippen molar-refractivity contribution in [3.63, 3.8) is 0 Å². The van der Waals surface area contributed by atoms with Crippen LogP contribution in [0.1, 0.15) is 39.5 Å². The molecule has 7 nitrogen and oxygen atoms in total. The van der Waals surface area contributed by atoms with Crippen LogP contribution in [0.5, 0.6) is 0 Å². The summed E-state index contributed by atoms with van der Waals surface area (Å²) in [6.07, 6.45) is 3.94. The van der Waals surface area contributed by atoms with E-state index in [-0.39, 0.29) is 6.03 Å². The lowest BCUT2D eigenvalue weighted by Gasteiger charge is -2.04. The Labute approximate surface area is 155 Å². The van der Waals surface area contributed by atoms with Crippen LogP contribution in [0, 0.1) is 6.92 Å². The highest BCUT2D eigenvalue weighted by atomic mass is 32.1. The van der Waals surface area contributed by atoms with Gasteiger partial charge in [-0.15, -0.1) is 10.2 Å². The Hall–Kier alpha value is -2.74. The molecule has 0 saturated carbocycles. The molecular weight excluding hydrogens is 348 g/mol. The van der Waals surface area contributed by atoms with Crippen molar-refractivity contribution in [1.82, 2.24) is 25.7 Å². The van der Waals surface area contributed by atoms with Crippen molar-refractivity contribution >= 4 is 22.5 Å². The third kappa shape index (κ3) is 3.60. The van der Waals surface area contributed by atoms with Crippen molar-refractivity contribution in [3.05, 3.63) is 57.4 Å². The van der Waals surface area contributed by atoms with Crippen molar-refractivity contribution in [1.29, 1.82) is 0 Å². The number of fused-ring (bicyclic) bond motifs is 1. The van der Waals surface area contributed by atoms with E-state index >= 15 is 0 Å². The molecule has 8 heteroatoms. The molecule has 134 valence electrons. The number of aromatic amines is 1. The summed E-state index contributed by atoms with van der Waals surface area (Å²) in [5.41, 5.74) is 5.81. The largest absolute Gasteiger partial charge is 0.332 e. The average molecular weight is 368 g/mol. The SMILES string of the molecule is Cc1ccccc1Cc1nnc(NC(=O)NCc2n[nH]c3c2CCC3)s1. The van der Waals surface area contributed by atoms with Crippen LogP contribution < -0.4 is 10.6 Å². The summed E-state index contributed by atoms with van der Waals surface area (Å²) in [6.45, 7) is 2.49. The fourth-order valence-electron chi connectivity index (χ4n) is 3.19. The number of urea groups is 1. The number of nitrogens with zero attached hydrogens (tertiary/aromatic N) is 3. The van der Waals surface area contributed by atoms with E-state index in [1.165, 1.54) is 33.7 Å². The lowest BCUT2D eigenvalue weighted by Crippen LogP contribution is -2.28. The molecule has 0 unspecified atom stereocenters. The number of hydrogen-bond donors (Lipinski definition) is 3. The van der Waals surface area contributed by atoms with Crippen molar-refractivity contribution < 1.29 is 4.79 Å². The predicted molar refractivity (Wildman–Crippen MR) is 100 cm³/mol. The second-order valence-electron chi connectivity index (χ2n) is 6.39. The first kappa shape index (κ1) is 16.7. The van der Waals surface area contributed by atoms with Crippen LogP contribution in [-0.2, 0) is 25.8 Å². The number of rotatable bonds is 5. The number of carbonyl (C=O) groups excluding carboxylic acids is 1. The van der Waals surface area contributed by atoms with E-state index in [0.717, 1.165) is 30.0 Å². The van der Waals surface area contributed by atoms with Gasteiger partial charge in [0.25, 0.3) is 0 Å². The lowest BCUT2D eigenvalue weighted by atomic mass is 10.1. The van der Waals surface area contributed by atoms with Gasteiger partial charge < -0.3 is 5.32 Å². The zero-order chi connectivity index (χ0) is 17.9. The van der Waals surface area contributed by atoms with Crippen molar-refractivity contribution in [2.45, 2.75) is 39.2 Å². The third-order valence-corrected chi connectivity index (χ3v) is 5.44. The Bertz CT molecular complexity index is 931. The molecule has 0 saturated heterocycles. The van der Waals surface area contributed by atoms with Gasteiger partial charge in [0.05, 0.1) is 12.2 Å². The van der Waals surface area contributed by atoms with Gasteiger partial charge in [0.1, 0.15) is 5.01 Å². The van der Waals surface area contributed by atoms with Crippen LogP contribution in [0.2, 0.25) is 0 Å². The van der Waals surface area contributed by atoms with Gasteiger partial charge in [0.15, 0.2) is 0 Å². The fourth-order valence-corrected chi connectivity index (χ4v) is 3.94. The van der Waals surface area contributed by atoms with E-state index < -0.39 is 0 Å². The molecule has 0 fully saturated rings. The second kappa shape index (κ2) is 7.25. The van der Waals surface area contributed by atoms with E-state index in [0.29, 0.717) is 18.1 Å². The molecule has 0 aliphatic heterocycles. The topological polar surface area (TPSA) is 95.6 Å². The maximum absolute atomic E-state index is 12.1. The Kier molecular flexibility index (Phi) is 4.66. The number of H-pyrrole nitrogens is 1. The molecule has 0 bridgehead atoms. The van der Waals surface area contributed by atoms with Gasteiger partial charge >= 0.3 is 6.03 Å². The number of nitrogens with one attached hydrogen (secondary N) is 3. The van der Waals surface area contributed by atoms with Crippen molar-refractivity contribution in [2.75, 3.05) is 5.32 Å². The quantitative estimate of drug-likeness (QED) is 0.645. The monoisotopic (exact) mass is 368 g/mol. The van der Waals surface area contributed by atoms with Crippen LogP contribution >= 0.6 is 11.3 Å². The highest BCUT2D eigenvalue weighted by molar-refractivity contribution is 7.15. The maximum Gasteiger partial charge on any atom is 0.321 e. The van der Waals surface area contributed by atoms with Gasteiger partial charge in [-0.1, -0.05) is 35.6 Å². The maximum atomic E-state index is 12.1. The van der Waals surface area contributed by atoms with Crippen LogP contribution in [0.4, 0.5) is 9.93 Å².